The summed E-state index contributed by atoms with van der Waals surface area (Å²) in [6.45, 7) is 0. The number of nitrogens with zero attached hydrogens (tertiary/aromatic N) is 2. The minimum atomic E-state index is -2.87. The van der Waals surface area contributed by atoms with Crippen molar-refractivity contribution >= 4 is 72.4 Å². The van der Waals surface area contributed by atoms with Gasteiger partial charge < -0.3 is 9.13 Å². The molecule has 0 unspecified atom stereocenters. The molecule has 268 valence electrons. The third kappa shape index (κ3) is 5.03. The molecule has 3 heteroatoms. The molecule has 0 amide bonds. The zero-order valence-corrected chi connectivity index (χ0v) is 32.3. The summed E-state index contributed by atoms with van der Waals surface area (Å²) < 4.78 is 5.01. The van der Waals surface area contributed by atoms with Gasteiger partial charge in [-0.05, 0) is 62.7 Å². The summed E-state index contributed by atoms with van der Waals surface area (Å²) in [5, 5.41) is 10.5. The van der Waals surface area contributed by atoms with Gasteiger partial charge in [-0.2, -0.15) is 0 Å². The molecular weight excluding hydrogens is 705 g/mol. The number of benzene rings is 9. The molecule has 0 aliphatic carbocycles. The van der Waals surface area contributed by atoms with E-state index in [1.165, 1.54) is 81.2 Å². The van der Waals surface area contributed by atoms with Crippen LogP contribution in [0.5, 0.6) is 0 Å². The SMILES string of the molecule is c1ccc(-c2cccc3c4c(-n5c6ccccc6c6c([Si](c7ccccc7)(c7ccccc7)c7ccccc7)cccc65)cccc4n(-c4ccccc4)c23)cc1. The standard InChI is InChI=1S/C54H38N2Si/c1-6-21-39(22-7-1)44-32-18-33-46-52-48(55(54(44)46)40-23-8-2-9-24-40)35-19-36-49(52)56-47-34-17-16-31-45(47)53-50(56)37-20-38-51(53)57(41-25-10-3-11-26-41,42-27-12-4-13-28-42)43-29-14-5-15-30-43/h1-38H. The average molecular weight is 743 g/mol. The Morgan fingerprint density at radius 3 is 1.42 bits per heavy atom. The van der Waals surface area contributed by atoms with Gasteiger partial charge in [-0.1, -0.05) is 194 Å². The zero-order valence-electron chi connectivity index (χ0n) is 31.3. The van der Waals surface area contributed by atoms with Crippen LogP contribution < -0.4 is 20.7 Å². The molecular formula is C54H38N2Si. The zero-order chi connectivity index (χ0) is 37.8. The fourth-order valence-electron chi connectivity index (χ4n) is 9.60. The number of rotatable bonds is 7. The first-order valence-electron chi connectivity index (χ1n) is 19.7. The Kier molecular flexibility index (Phi) is 7.87. The average Bonchev–Trinajstić information content (AvgIpc) is 3.82. The van der Waals surface area contributed by atoms with Crippen molar-refractivity contribution in [3.63, 3.8) is 0 Å². The van der Waals surface area contributed by atoms with E-state index >= 15 is 0 Å². The van der Waals surface area contributed by atoms with Gasteiger partial charge in [0.2, 0.25) is 0 Å². The molecule has 0 aliphatic rings. The van der Waals surface area contributed by atoms with Gasteiger partial charge in [0.1, 0.15) is 0 Å². The van der Waals surface area contributed by atoms with Gasteiger partial charge in [0.25, 0.3) is 0 Å². The highest BCUT2D eigenvalue weighted by atomic mass is 28.3. The Labute approximate surface area is 333 Å². The van der Waals surface area contributed by atoms with Gasteiger partial charge in [0.15, 0.2) is 8.07 Å². The maximum Gasteiger partial charge on any atom is 0.180 e. The monoisotopic (exact) mass is 742 g/mol. The molecule has 0 aliphatic heterocycles. The van der Waals surface area contributed by atoms with E-state index in [9.17, 15) is 0 Å². The molecule has 0 spiro atoms. The highest BCUT2D eigenvalue weighted by molar-refractivity contribution is 7.20. The topological polar surface area (TPSA) is 9.86 Å². The van der Waals surface area contributed by atoms with Crippen molar-refractivity contribution in [3.8, 4) is 22.5 Å². The van der Waals surface area contributed by atoms with E-state index in [0.29, 0.717) is 0 Å². The molecule has 2 nitrogen and oxygen atoms in total. The molecule has 11 aromatic rings. The fraction of sp³-hybridized carbons (Fsp3) is 0. The summed E-state index contributed by atoms with van der Waals surface area (Å²) in [5.74, 6) is 0. The van der Waals surface area contributed by atoms with Crippen molar-refractivity contribution in [1.82, 2.24) is 9.13 Å². The van der Waals surface area contributed by atoms with Crippen LogP contribution in [0.15, 0.2) is 231 Å². The second kappa shape index (κ2) is 13.5. The molecule has 0 saturated carbocycles. The molecule has 11 rings (SSSR count). The summed E-state index contributed by atoms with van der Waals surface area (Å²) in [7, 11) is -2.87. The summed E-state index contributed by atoms with van der Waals surface area (Å²) in [6, 6.07) is 85.1. The van der Waals surface area contributed by atoms with Crippen LogP contribution in [0.4, 0.5) is 0 Å². The first kappa shape index (κ1) is 33.2. The van der Waals surface area contributed by atoms with Crippen molar-refractivity contribution in [2.45, 2.75) is 0 Å². The number of hydrogen-bond acceptors (Lipinski definition) is 0. The summed E-state index contributed by atoms with van der Waals surface area (Å²) in [5.41, 5.74) is 9.54. The lowest BCUT2D eigenvalue weighted by atomic mass is 10.0. The number of para-hydroxylation sites is 3. The third-order valence-corrected chi connectivity index (χ3v) is 16.7. The van der Waals surface area contributed by atoms with Crippen molar-refractivity contribution < 1.29 is 0 Å². The molecule has 2 aromatic heterocycles. The summed E-state index contributed by atoms with van der Waals surface area (Å²) >= 11 is 0. The van der Waals surface area contributed by atoms with Gasteiger partial charge in [-0.25, -0.2) is 0 Å². The van der Waals surface area contributed by atoms with Crippen LogP contribution in [0.25, 0.3) is 66.1 Å². The molecule has 0 radical (unpaired) electrons. The fourth-order valence-corrected chi connectivity index (χ4v) is 14.6. The third-order valence-electron chi connectivity index (χ3n) is 11.9. The van der Waals surface area contributed by atoms with E-state index in [1.807, 2.05) is 0 Å². The normalized spacial score (nSPS) is 11.9. The lowest BCUT2D eigenvalue weighted by molar-refractivity contribution is 1.17. The first-order valence-corrected chi connectivity index (χ1v) is 21.7. The molecule has 2 heterocycles. The van der Waals surface area contributed by atoms with Crippen molar-refractivity contribution in [3.05, 3.63) is 231 Å². The Morgan fingerprint density at radius 1 is 0.316 bits per heavy atom. The van der Waals surface area contributed by atoms with E-state index in [1.54, 1.807) is 0 Å². The van der Waals surface area contributed by atoms with Crippen LogP contribution in [0.3, 0.4) is 0 Å². The Balaban J connectivity index is 1.30. The van der Waals surface area contributed by atoms with Crippen LogP contribution in [0, 0.1) is 0 Å². The quantitative estimate of drug-likeness (QED) is 0.114. The maximum atomic E-state index is 2.54. The minimum Gasteiger partial charge on any atom is -0.309 e. The van der Waals surface area contributed by atoms with E-state index in [-0.39, 0.29) is 0 Å². The lowest BCUT2D eigenvalue weighted by Gasteiger charge is -2.35. The van der Waals surface area contributed by atoms with E-state index < -0.39 is 8.07 Å². The number of aromatic nitrogens is 2. The largest absolute Gasteiger partial charge is 0.309 e. The molecule has 9 aromatic carbocycles. The predicted molar refractivity (Wildman–Crippen MR) is 244 cm³/mol. The van der Waals surface area contributed by atoms with E-state index in [2.05, 4.69) is 240 Å². The Hall–Kier alpha value is -7.20. The second-order valence-electron chi connectivity index (χ2n) is 14.8. The Bertz CT molecular complexity index is 3110. The van der Waals surface area contributed by atoms with Crippen LogP contribution in [-0.4, -0.2) is 17.2 Å². The van der Waals surface area contributed by atoms with E-state index in [4.69, 9.17) is 0 Å². The summed E-state index contributed by atoms with van der Waals surface area (Å²) in [4.78, 5) is 0. The predicted octanol–water partition coefficient (Wildman–Crippen LogP) is 10.9. The minimum absolute atomic E-state index is 1.15. The van der Waals surface area contributed by atoms with Crippen molar-refractivity contribution in [2.75, 3.05) is 0 Å². The van der Waals surface area contributed by atoms with Gasteiger partial charge in [0.05, 0.1) is 27.8 Å². The highest BCUT2D eigenvalue weighted by Gasteiger charge is 2.43. The van der Waals surface area contributed by atoms with Crippen LogP contribution in [0.1, 0.15) is 0 Å². The smallest absolute Gasteiger partial charge is 0.180 e. The number of hydrogen-bond donors (Lipinski definition) is 0. The first-order chi connectivity index (χ1) is 28.3. The number of fused-ring (bicyclic) bond motifs is 6. The maximum absolute atomic E-state index is 2.87. The van der Waals surface area contributed by atoms with Crippen molar-refractivity contribution in [1.29, 1.82) is 0 Å². The molecule has 0 fully saturated rings. The lowest BCUT2D eigenvalue weighted by Crippen LogP contribution is -2.74. The van der Waals surface area contributed by atoms with Gasteiger partial charge >= 0.3 is 0 Å². The highest BCUT2D eigenvalue weighted by Crippen LogP contribution is 2.42. The van der Waals surface area contributed by atoms with Crippen LogP contribution >= 0.6 is 0 Å². The van der Waals surface area contributed by atoms with Crippen molar-refractivity contribution in [2.24, 2.45) is 0 Å². The van der Waals surface area contributed by atoms with Gasteiger partial charge in [-0.3, -0.25) is 0 Å². The van der Waals surface area contributed by atoms with Crippen LogP contribution in [0.2, 0.25) is 0 Å². The molecule has 57 heavy (non-hydrogen) atoms. The molecule has 0 bridgehead atoms. The van der Waals surface area contributed by atoms with E-state index in [0.717, 1.165) is 5.69 Å². The van der Waals surface area contributed by atoms with Gasteiger partial charge in [-0.15, -0.1) is 0 Å². The van der Waals surface area contributed by atoms with Gasteiger partial charge in [0, 0.05) is 32.8 Å². The second-order valence-corrected chi connectivity index (χ2v) is 18.6. The Morgan fingerprint density at radius 2 is 0.789 bits per heavy atom. The molecule has 0 N–H and O–H groups in total. The molecule has 0 saturated heterocycles. The van der Waals surface area contributed by atoms with Crippen LogP contribution in [-0.2, 0) is 0 Å². The summed E-state index contributed by atoms with van der Waals surface area (Å²) in [6.07, 6.45) is 0. The molecule has 0 atom stereocenters.